The van der Waals surface area contributed by atoms with Crippen molar-refractivity contribution >= 4 is 17.4 Å². The fraction of sp³-hybridized carbons (Fsp3) is 0.750. The number of hydrogen-bond donors (Lipinski definition) is 0. The average molecular weight is 123 g/mol. The monoisotopic (exact) mass is 122 g/mol. The van der Waals surface area contributed by atoms with Crippen LogP contribution in [0.25, 0.3) is 0 Å². The minimum absolute atomic E-state index is 0.163. The van der Waals surface area contributed by atoms with Crippen molar-refractivity contribution in [1.29, 1.82) is 0 Å². The van der Waals surface area contributed by atoms with Gasteiger partial charge in [-0.05, 0) is 6.92 Å². The van der Waals surface area contributed by atoms with Crippen LogP contribution in [0.3, 0.4) is 0 Å². The second kappa shape index (κ2) is 2.99. The van der Waals surface area contributed by atoms with E-state index in [9.17, 15) is 4.79 Å². The van der Waals surface area contributed by atoms with E-state index in [1.807, 2.05) is 0 Å². The van der Waals surface area contributed by atoms with Crippen LogP contribution in [0.4, 0.5) is 0 Å². The summed E-state index contributed by atoms with van der Waals surface area (Å²) in [5.41, 5.74) is -0.764. The summed E-state index contributed by atoms with van der Waals surface area (Å²) in [5, 5.41) is 0. The molecule has 0 saturated heterocycles. The maximum Gasteiger partial charge on any atom is 0.188 e. The number of ether oxygens (including phenoxy) is 1. The summed E-state index contributed by atoms with van der Waals surface area (Å²) in [6.45, 7) is 1.38. The Morgan fingerprint density at radius 3 is 2.29 bits per heavy atom. The Balaban J connectivity index is 3.34. The molecular formula is C4H7ClO2. The van der Waals surface area contributed by atoms with Crippen LogP contribution in [-0.4, -0.2) is 18.5 Å². The normalized spacial score (nSPS) is 13.6. The highest BCUT2D eigenvalue weighted by Gasteiger charge is 2.04. The van der Waals surface area contributed by atoms with Gasteiger partial charge in [0.15, 0.2) is 11.3 Å². The number of methoxy groups -OCH3 is 1. The van der Waals surface area contributed by atoms with Crippen molar-refractivity contribution in [3.63, 3.8) is 0 Å². The minimum atomic E-state index is -0.764. The Kier molecular flexibility index (Phi) is 2.96. The zero-order chi connectivity index (χ0) is 5.86. The molecule has 1 unspecified atom stereocenters. The molecule has 0 spiro atoms. The SMILES string of the molecule is COC(Cl)C(C)=O. The summed E-state index contributed by atoms with van der Waals surface area (Å²) >= 11 is 5.23. The van der Waals surface area contributed by atoms with Gasteiger partial charge in [0.05, 0.1) is 0 Å². The summed E-state index contributed by atoms with van der Waals surface area (Å²) in [6.07, 6.45) is 0. The van der Waals surface area contributed by atoms with Crippen LogP contribution in [0, 0.1) is 0 Å². The molecule has 1 atom stereocenters. The van der Waals surface area contributed by atoms with Gasteiger partial charge in [-0.1, -0.05) is 11.6 Å². The van der Waals surface area contributed by atoms with Crippen molar-refractivity contribution in [2.45, 2.75) is 12.5 Å². The number of carbonyl (C=O) groups is 1. The highest BCUT2D eigenvalue weighted by Crippen LogP contribution is 1.95. The number of hydrogen-bond acceptors (Lipinski definition) is 2. The van der Waals surface area contributed by atoms with Gasteiger partial charge in [0, 0.05) is 7.11 Å². The predicted octanol–water partition coefficient (Wildman–Crippen LogP) is 0.787. The predicted molar refractivity (Wildman–Crippen MR) is 27.3 cm³/mol. The average Bonchev–Trinajstić information content (AvgIpc) is 1.65. The van der Waals surface area contributed by atoms with E-state index in [1.54, 1.807) is 0 Å². The van der Waals surface area contributed by atoms with Gasteiger partial charge in [-0.15, -0.1) is 0 Å². The highest BCUT2D eigenvalue weighted by molar-refractivity contribution is 6.29. The van der Waals surface area contributed by atoms with E-state index in [-0.39, 0.29) is 5.78 Å². The molecule has 0 bridgehead atoms. The van der Waals surface area contributed by atoms with Crippen molar-refractivity contribution in [2.24, 2.45) is 0 Å². The number of carbonyl (C=O) groups excluding carboxylic acids is 1. The standard InChI is InChI=1S/C4H7ClO2/c1-3(6)4(5)7-2/h4H,1-2H3. The van der Waals surface area contributed by atoms with Gasteiger partial charge in [0.1, 0.15) is 0 Å². The molecule has 0 heterocycles. The van der Waals surface area contributed by atoms with E-state index >= 15 is 0 Å². The van der Waals surface area contributed by atoms with Crippen LogP contribution in [0.2, 0.25) is 0 Å². The Morgan fingerprint density at radius 2 is 2.29 bits per heavy atom. The smallest absolute Gasteiger partial charge is 0.188 e. The second-order valence-corrected chi connectivity index (χ2v) is 1.56. The van der Waals surface area contributed by atoms with Crippen molar-refractivity contribution in [3.8, 4) is 0 Å². The van der Waals surface area contributed by atoms with Gasteiger partial charge in [0.2, 0.25) is 0 Å². The zero-order valence-corrected chi connectivity index (χ0v) is 5.03. The molecule has 0 aliphatic carbocycles. The van der Waals surface area contributed by atoms with Crippen molar-refractivity contribution < 1.29 is 9.53 Å². The van der Waals surface area contributed by atoms with Gasteiger partial charge in [-0.3, -0.25) is 4.79 Å². The van der Waals surface area contributed by atoms with Crippen LogP contribution in [-0.2, 0) is 9.53 Å². The molecule has 0 aliphatic rings. The number of rotatable bonds is 2. The lowest BCUT2D eigenvalue weighted by atomic mass is 10.5. The molecule has 0 rings (SSSR count). The molecule has 0 aromatic carbocycles. The zero-order valence-electron chi connectivity index (χ0n) is 4.27. The topological polar surface area (TPSA) is 26.3 Å². The summed E-state index contributed by atoms with van der Waals surface area (Å²) in [6, 6.07) is 0. The summed E-state index contributed by atoms with van der Waals surface area (Å²) in [4.78, 5) is 10.1. The Labute approximate surface area is 47.4 Å². The third-order valence-electron chi connectivity index (χ3n) is 0.527. The van der Waals surface area contributed by atoms with Crippen LogP contribution in [0.5, 0.6) is 0 Å². The molecule has 0 amide bonds. The third-order valence-corrected chi connectivity index (χ3v) is 1.01. The summed E-state index contributed by atoms with van der Waals surface area (Å²) in [5.74, 6) is -0.163. The fourth-order valence-corrected chi connectivity index (χ4v) is 0.166. The lowest BCUT2D eigenvalue weighted by molar-refractivity contribution is -0.122. The molecule has 42 valence electrons. The number of alkyl halides is 1. The molecule has 0 N–H and O–H groups in total. The Morgan fingerprint density at radius 1 is 1.86 bits per heavy atom. The van der Waals surface area contributed by atoms with Crippen LogP contribution in [0.15, 0.2) is 0 Å². The van der Waals surface area contributed by atoms with E-state index in [0.717, 1.165) is 0 Å². The van der Waals surface area contributed by atoms with Gasteiger partial charge >= 0.3 is 0 Å². The first kappa shape index (κ1) is 6.92. The molecule has 3 heteroatoms. The maximum atomic E-state index is 10.1. The lowest BCUT2D eigenvalue weighted by Gasteiger charge is -1.97. The molecule has 0 aliphatic heterocycles. The van der Waals surface area contributed by atoms with Crippen LogP contribution >= 0.6 is 11.6 Å². The van der Waals surface area contributed by atoms with Crippen molar-refractivity contribution in [1.82, 2.24) is 0 Å². The van der Waals surface area contributed by atoms with E-state index in [2.05, 4.69) is 4.74 Å². The first-order valence-electron chi connectivity index (χ1n) is 1.85. The van der Waals surface area contributed by atoms with Crippen LogP contribution < -0.4 is 0 Å². The lowest BCUT2D eigenvalue weighted by Crippen LogP contribution is -2.11. The number of ketones is 1. The largest absolute Gasteiger partial charge is 0.358 e. The molecule has 7 heavy (non-hydrogen) atoms. The number of Topliss-reactive ketones (excluding diaryl/α,β-unsaturated/α-hetero) is 1. The molecule has 0 aromatic heterocycles. The Hall–Kier alpha value is -0.0800. The molecule has 2 nitrogen and oxygen atoms in total. The van der Waals surface area contributed by atoms with Gasteiger partial charge in [-0.25, -0.2) is 0 Å². The molecule has 0 aromatic rings. The second-order valence-electron chi connectivity index (χ2n) is 1.16. The quantitative estimate of drug-likeness (QED) is 0.506. The number of halogens is 1. The molecule has 0 saturated carbocycles. The van der Waals surface area contributed by atoms with E-state index in [4.69, 9.17) is 11.6 Å². The minimum Gasteiger partial charge on any atom is -0.358 e. The summed E-state index contributed by atoms with van der Waals surface area (Å²) in [7, 11) is 1.39. The first-order chi connectivity index (χ1) is 3.18. The third kappa shape index (κ3) is 2.60. The van der Waals surface area contributed by atoms with Crippen LogP contribution in [0.1, 0.15) is 6.92 Å². The summed E-state index contributed by atoms with van der Waals surface area (Å²) < 4.78 is 4.43. The van der Waals surface area contributed by atoms with Crippen molar-refractivity contribution in [3.05, 3.63) is 0 Å². The first-order valence-corrected chi connectivity index (χ1v) is 2.29. The Bertz CT molecular complexity index is 72.1. The fourth-order valence-electron chi connectivity index (χ4n) is 0.166. The molecule has 0 fully saturated rings. The van der Waals surface area contributed by atoms with E-state index in [1.165, 1.54) is 14.0 Å². The van der Waals surface area contributed by atoms with E-state index < -0.39 is 5.56 Å². The van der Waals surface area contributed by atoms with Gasteiger partial charge in [-0.2, -0.15) is 0 Å². The molecular weight excluding hydrogens is 115 g/mol. The molecule has 0 radical (unpaired) electrons. The van der Waals surface area contributed by atoms with Gasteiger partial charge < -0.3 is 4.74 Å². The highest BCUT2D eigenvalue weighted by atomic mass is 35.5. The van der Waals surface area contributed by atoms with Gasteiger partial charge in [0.25, 0.3) is 0 Å². The van der Waals surface area contributed by atoms with Crippen molar-refractivity contribution in [2.75, 3.05) is 7.11 Å². The van der Waals surface area contributed by atoms with E-state index in [0.29, 0.717) is 0 Å². The maximum absolute atomic E-state index is 10.1.